The molecule has 0 heterocycles. The van der Waals surface area contributed by atoms with E-state index in [4.69, 9.17) is 0 Å². The van der Waals surface area contributed by atoms with Gasteiger partial charge in [-0.2, -0.15) is 0 Å². The van der Waals surface area contributed by atoms with Gasteiger partial charge in [-0.15, -0.1) is 0 Å². The zero-order chi connectivity index (χ0) is 57.2. The lowest BCUT2D eigenvalue weighted by molar-refractivity contribution is 0.0209. The monoisotopic (exact) mass is 1050 g/mol. The maximum absolute atomic E-state index is 2.49. The first-order chi connectivity index (χ1) is 34.1. The van der Waals surface area contributed by atoms with Crippen LogP contribution in [0.2, 0.25) is 0 Å². The van der Waals surface area contributed by atoms with Gasteiger partial charge in [0.15, 0.2) is 0 Å². The lowest BCUT2D eigenvalue weighted by atomic mass is 9.57. The van der Waals surface area contributed by atoms with E-state index in [-0.39, 0.29) is 0 Å². The molecule has 444 valence electrons. The summed E-state index contributed by atoms with van der Waals surface area (Å²) < 4.78 is 0. The van der Waals surface area contributed by atoms with Gasteiger partial charge in [-0.1, -0.05) is 219 Å². The van der Waals surface area contributed by atoms with Crippen molar-refractivity contribution in [3.63, 3.8) is 0 Å². The molecule has 13 aliphatic carbocycles. The highest BCUT2D eigenvalue weighted by Gasteiger charge is 2.52. The number of hydrogen-bond donors (Lipinski definition) is 0. The summed E-state index contributed by atoms with van der Waals surface area (Å²) >= 11 is 0. The molecule has 0 spiro atoms. The van der Waals surface area contributed by atoms with E-state index in [1.165, 1.54) is 128 Å². The smallest absolute Gasteiger partial charge is 0.0288 e. The molecule has 0 aliphatic heterocycles. The zero-order valence-electron chi connectivity index (χ0n) is 57.2. The van der Waals surface area contributed by atoms with Crippen LogP contribution in [0, 0.1) is 131 Å². The molecule has 0 saturated heterocycles. The maximum atomic E-state index is 2.49. The molecule has 13 aliphatic rings. The van der Waals surface area contributed by atoms with Gasteiger partial charge in [0.25, 0.3) is 0 Å². The quantitative estimate of drug-likeness (QED) is 0.263. The third kappa shape index (κ3) is 16.8. The third-order valence-corrected chi connectivity index (χ3v) is 27.6. The molecule has 0 amide bonds. The zero-order valence-corrected chi connectivity index (χ0v) is 57.2. The average Bonchev–Trinajstić information content (AvgIpc) is 3.84. The topological polar surface area (TPSA) is 0 Å². The van der Waals surface area contributed by atoms with Crippen molar-refractivity contribution in [2.75, 3.05) is 0 Å². The molecule has 0 heteroatoms. The first-order valence-corrected chi connectivity index (χ1v) is 34.1. The molecule has 75 heavy (non-hydrogen) atoms. The van der Waals surface area contributed by atoms with Gasteiger partial charge >= 0.3 is 0 Å². The Morgan fingerprint density at radius 2 is 0.773 bits per heavy atom. The Bertz CT molecular complexity index is 1580. The van der Waals surface area contributed by atoms with Crippen molar-refractivity contribution in [3.8, 4) is 0 Å². The lowest BCUT2D eigenvalue weighted by Crippen LogP contribution is -2.38. The molecule has 0 N–H and O–H groups in total. The van der Waals surface area contributed by atoms with Crippen molar-refractivity contribution in [2.45, 2.75) is 347 Å². The summed E-state index contributed by atoms with van der Waals surface area (Å²) in [7, 11) is 0. The van der Waals surface area contributed by atoms with E-state index in [1.807, 2.05) is 0 Å². The molecular formula is C75H144. The first-order valence-electron chi connectivity index (χ1n) is 34.1. The minimum Gasteiger partial charge on any atom is -0.0651 e. The van der Waals surface area contributed by atoms with Crippen molar-refractivity contribution in [1.29, 1.82) is 0 Å². The van der Waals surface area contributed by atoms with Gasteiger partial charge in [0.2, 0.25) is 0 Å². The van der Waals surface area contributed by atoms with Crippen LogP contribution in [-0.4, -0.2) is 0 Å². The first kappa shape index (κ1) is 67.5. The van der Waals surface area contributed by atoms with E-state index >= 15 is 0 Å². The summed E-state index contributed by atoms with van der Waals surface area (Å²) in [5.74, 6) is 13.3. The van der Waals surface area contributed by atoms with E-state index in [0.29, 0.717) is 48.7 Å². The van der Waals surface area contributed by atoms with Crippen LogP contribution < -0.4 is 0 Å². The molecule has 0 aromatic heterocycles. The molecule has 13 fully saturated rings. The number of hydrogen-bond acceptors (Lipinski definition) is 0. The van der Waals surface area contributed by atoms with Gasteiger partial charge in [-0.3, -0.25) is 0 Å². The van der Waals surface area contributed by atoms with Crippen LogP contribution in [0.4, 0.5) is 0 Å². The summed E-state index contributed by atoms with van der Waals surface area (Å²) in [6.07, 6.45) is 36.8. The van der Waals surface area contributed by atoms with Crippen LogP contribution in [0.25, 0.3) is 0 Å². The predicted molar refractivity (Wildman–Crippen MR) is 338 cm³/mol. The van der Waals surface area contributed by atoms with Crippen LogP contribution in [0.15, 0.2) is 0 Å². The SMILES string of the molecule is CC(C)C1C(C)(C)CCC1(C)C.CC1C2CCC(CC2)[C@H]1C.CCC1(C)CC(C)(C)C(C)(C)C1.CCC1C(C)(C)CCC1(C)C.CCC1CC(C)(C)C(C)(C)C1.C[C@H]1CC2CCC1(C)CC2.C[C@H]1CC2CCC1CC2. The summed E-state index contributed by atoms with van der Waals surface area (Å²) in [4.78, 5) is 0. The van der Waals surface area contributed by atoms with Crippen molar-refractivity contribution < 1.29 is 0 Å². The highest BCUT2D eigenvalue weighted by molar-refractivity contribution is 5.02. The normalized spacial score (nSPS) is 38.2. The molecule has 13 saturated carbocycles. The highest BCUT2D eigenvalue weighted by atomic mass is 14.6. The van der Waals surface area contributed by atoms with Crippen LogP contribution >= 0.6 is 0 Å². The Balaban J connectivity index is 0.000000189. The molecule has 0 aromatic rings. The molecule has 6 bridgehead atoms. The second-order valence-corrected chi connectivity index (χ2v) is 36.5. The van der Waals surface area contributed by atoms with E-state index in [9.17, 15) is 0 Å². The van der Waals surface area contributed by atoms with Crippen molar-refractivity contribution in [1.82, 2.24) is 0 Å². The standard InChI is InChI=1S/2C12H24.2C11H22.2C10H18.C9H16/c1-9(2)10-11(3,4)7-8-12(10,5)6;1-7-12(6)8-10(2,3)11(4,5)9-12;1-6-9-7-10(2,3)11(4,5)8-9;1-6-9-10(2,3)7-8-11(9,4)5;1-8-7-9-3-5-10(8,2)6-4-9;1-7-8(2)10-5-3-9(7)4-6-10;1-7-6-8-2-4-9(7)5-3-8/h9-10H,7-8H2,1-6H3;7-9H2,1-6H3;2*9H,6-8H2,1-5H3;8-9H,3-7H2,1-2H3;7-10H,3-6H2,1-2H3;7-9H,2-6H2,1H3/t;;;;8-,9?,10?;7-,8?,9?,10?;7-,8?,9?/m....000/s1. The predicted octanol–water partition coefficient (Wildman–Crippen LogP) is 25.2. The Hall–Kier alpha value is 0. The second-order valence-electron chi connectivity index (χ2n) is 36.5. The summed E-state index contributed by atoms with van der Waals surface area (Å²) in [5, 5.41) is 0. The highest BCUT2D eigenvalue weighted by Crippen LogP contribution is 2.62. The fourth-order valence-corrected chi connectivity index (χ4v) is 20.9. The van der Waals surface area contributed by atoms with Gasteiger partial charge in [0.05, 0.1) is 0 Å². The third-order valence-electron chi connectivity index (χ3n) is 27.6. The number of fused-ring (bicyclic) bond motifs is 9. The summed E-state index contributed by atoms with van der Waals surface area (Å²) in [6.45, 7) is 65.3. The van der Waals surface area contributed by atoms with Gasteiger partial charge in [-0.25, -0.2) is 0 Å². The van der Waals surface area contributed by atoms with E-state index in [1.54, 1.807) is 32.1 Å². The minimum atomic E-state index is 0.526. The fraction of sp³-hybridized carbons (Fsp3) is 1.00. The molecule has 0 radical (unpaired) electrons. The van der Waals surface area contributed by atoms with Crippen LogP contribution in [0.1, 0.15) is 347 Å². The van der Waals surface area contributed by atoms with Gasteiger partial charge < -0.3 is 0 Å². The summed E-state index contributed by atoms with van der Waals surface area (Å²) in [5.41, 5.74) is 5.85. The van der Waals surface area contributed by atoms with Crippen molar-refractivity contribution in [2.24, 2.45) is 131 Å². The van der Waals surface area contributed by atoms with Crippen LogP contribution in [0.3, 0.4) is 0 Å². The fourth-order valence-electron chi connectivity index (χ4n) is 20.9. The molecule has 1 unspecified atom stereocenters. The summed E-state index contributed by atoms with van der Waals surface area (Å²) in [6, 6.07) is 0. The minimum absolute atomic E-state index is 0.526. The lowest BCUT2D eigenvalue weighted by Gasteiger charge is -2.49. The molecule has 0 aromatic carbocycles. The van der Waals surface area contributed by atoms with E-state index in [2.05, 4.69) is 187 Å². The van der Waals surface area contributed by atoms with Crippen molar-refractivity contribution in [3.05, 3.63) is 0 Å². The van der Waals surface area contributed by atoms with Gasteiger partial charge in [0, 0.05) is 0 Å². The molecular weight excluding hydrogens is 901 g/mol. The Kier molecular flexibility index (Phi) is 23.1. The van der Waals surface area contributed by atoms with E-state index in [0.717, 1.165) is 82.3 Å². The van der Waals surface area contributed by atoms with Crippen LogP contribution in [0.5, 0.6) is 0 Å². The Morgan fingerprint density at radius 3 is 0.973 bits per heavy atom. The maximum Gasteiger partial charge on any atom is -0.0288 e. The Morgan fingerprint density at radius 1 is 0.400 bits per heavy atom. The van der Waals surface area contributed by atoms with Crippen molar-refractivity contribution >= 4 is 0 Å². The number of rotatable bonds is 4. The molecule has 13 rings (SSSR count). The molecule has 4 atom stereocenters. The second kappa shape index (κ2) is 25.6. The average molecular weight is 1050 g/mol. The van der Waals surface area contributed by atoms with Crippen LogP contribution in [-0.2, 0) is 0 Å². The Labute approximate surface area is 476 Å². The van der Waals surface area contributed by atoms with E-state index < -0.39 is 0 Å². The van der Waals surface area contributed by atoms with Gasteiger partial charge in [-0.05, 0) is 259 Å². The largest absolute Gasteiger partial charge is 0.0651 e. The molecule has 0 nitrogen and oxygen atoms in total. The van der Waals surface area contributed by atoms with Gasteiger partial charge in [0.1, 0.15) is 0 Å².